The van der Waals surface area contributed by atoms with Gasteiger partial charge >= 0.3 is 27.7 Å². The number of nitrogens with one attached hydrogen (secondary N) is 1. The van der Waals surface area contributed by atoms with E-state index in [-0.39, 0.29) is 5.56 Å². The van der Waals surface area contributed by atoms with Gasteiger partial charge in [-0.3, -0.25) is 4.79 Å². The number of ether oxygens (including phenoxy) is 1. The van der Waals surface area contributed by atoms with Crippen LogP contribution in [-0.4, -0.2) is 36.7 Å². The Balaban J connectivity index is 3.13. The van der Waals surface area contributed by atoms with E-state index in [1.165, 1.54) is 6.92 Å². The molecule has 1 aromatic rings. The summed E-state index contributed by atoms with van der Waals surface area (Å²) < 4.78 is 68.2. The molecule has 0 radical (unpaired) electrons. The zero-order valence-electron chi connectivity index (χ0n) is 15.5. The standard InChI is InChI=1S/C16H20F3NO7S/c1-14(2,3)26-13(23)20-15(4,9-12(21)22)10-5-7-11(8-6-10)27-28(24,25)16(17,18)19/h5-8H,9H2,1-4H3,(H,20,23)(H,21,22)/t15-/m0/s1. The molecule has 0 bridgehead atoms. The number of aliphatic carboxylic acids is 1. The Morgan fingerprint density at radius 3 is 1.96 bits per heavy atom. The molecule has 1 aromatic carbocycles. The van der Waals surface area contributed by atoms with Crippen LogP contribution >= 0.6 is 0 Å². The first-order valence-electron chi connectivity index (χ1n) is 7.79. The maximum Gasteiger partial charge on any atom is 0.534 e. The van der Waals surface area contributed by atoms with Crippen molar-refractivity contribution in [2.45, 2.75) is 50.8 Å². The maximum atomic E-state index is 12.4. The molecule has 0 aromatic heterocycles. The normalized spacial score (nSPS) is 14.7. The highest BCUT2D eigenvalue weighted by molar-refractivity contribution is 7.88. The van der Waals surface area contributed by atoms with Crippen molar-refractivity contribution in [3.05, 3.63) is 29.8 Å². The van der Waals surface area contributed by atoms with Gasteiger partial charge in [0.2, 0.25) is 0 Å². The smallest absolute Gasteiger partial charge is 0.481 e. The van der Waals surface area contributed by atoms with E-state index < -0.39 is 51.0 Å². The molecule has 8 nitrogen and oxygen atoms in total. The molecule has 0 aliphatic heterocycles. The molecule has 0 aliphatic rings. The number of amides is 1. The predicted molar refractivity (Wildman–Crippen MR) is 91.0 cm³/mol. The summed E-state index contributed by atoms with van der Waals surface area (Å²) in [5.41, 5.74) is -7.76. The molecule has 1 atom stereocenters. The van der Waals surface area contributed by atoms with Crippen LogP contribution in [0.3, 0.4) is 0 Å². The molecular formula is C16H20F3NO7S. The summed E-state index contributed by atoms with van der Waals surface area (Å²) in [4.78, 5) is 23.2. The molecule has 0 fully saturated rings. The summed E-state index contributed by atoms with van der Waals surface area (Å²) in [6.07, 6.45) is -1.48. The Hall–Kier alpha value is -2.50. The van der Waals surface area contributed by atoms with Gasteiger partial charge in [-0.15, -0.1) is 0 Å². The lowest BCUT2D eigenvalue weighted by atomic mass is 9.88. The van der Waals surface area contributed by atoms with Crippen LogP contribution in [0.25, 0.3) is 0 Å². The molecule has 2 N–H and O–H groups in total. The quantitative estimate of drug-likeness (QED) is 0.529. The second-order valence-electron chi connectivity index (χ2n) is 7.04. The molecule has 0 aliphatic carbocycles. The van der Waals surface area contributed by atoms with E-state index in [0.29, 0.717) is 0 Å². The van der Waals surface area contributed by atoms with E-state index in [1.807, 2.05) is 0 Å². The SMILES string of the molecule is CC(C)(C)OC(=O)N[C@@](C)(CC(=O)O)c1ccc(OS(=O)(=O)C(F)(F)F)cc1. The number of alkyl carbamates (subject to hydrolysis) is 1. The maximum absolute atomic E-state index is 12.4. The van der Waals surface area contributed by atoms with Gasteiger partial charge in [-0.25, -0.2) is 4.79 Å². The fraction of sp³-hybridized carbons (Fsp3) is 0.500. The van der Waals surface area contributed by atoms with Crippen molar-refractivity contribution >= 4 is 22.2 Å². The van der Waals surface area contributed by atoms with Crippen molar-refractivity contribution in [2.24, 2.45) is 0 Å². The van der Waals surface area contributed by atoms with Crippen LogP contribution in [0.15, 0.2) is 24.3 Å². The number of halogens is 3. The number of hydrogen-bond acceptors (Lipinski definition) is 6. The van der Waals surface area contributed by atoms with Gasteiger partial charge in [0.1, 0.15) is 11.4 Å². The van der Waals surface area contributed by atoms with Crippen LogP contribution in [-0.2, 0) is 25.2 Å². The Labute approximate surface area is 159 Å². The summed E-state index contributed by atoms with van der Waals surface area (Å²) in [5.74, 6) is -1.89. The lowest BCUT2D eigenvalue weighted by Gasteiger charge is -2.31. The largest absolute Gasteiger partial charge is 0.534 e. The molecule has 12 heteroatoms. The highest BCUT2D eigenvalue weighted by atomic mass is 32.2. The van der Waals surface area contributed by atoms with Gasteiger partial charge in [0.25, 0.3) is 0 Å². The zero-order chi connectivity index (χ0) is 22.0. The molecule has 28 heavy (non-hydrogen) atoms. The van der Waals surface area contributed by atoms with Crippen LogP contribution in [0.1, 0.15) is 39.7 Å². The topological polar surface area (TPSA) is 119 Å². The van der Waals surface area contributed by atoms with E-state index in [2.05, 4.69) is 9.50 Å². The molecule has 0 saturated carbocycles. The average Bonchev–Trinajstić information content (AvgIpc) is 2.42. The fourth-order valence-corrected chi connectivity index (χ4v) is 2.56. The van der Waals surface area contributed by atoms with Gasteiger partial charge in [0, 0.05) is 0 Å². The van der Waals surface area contributed by atoms with E-state index >= 15 is 0 Å². The minimum absolute atomic E-state index is 0.178. The lowest BCUT2D eigenvalue weighted by Crippen LogP contribution is -2.47. The second-order valence-corrected chi connectivity index (χ2v) is 8.57. The first-order chi connectivity index (χ1) is 12.5. The number of carboxylic acids is 1. The molecule has 1 amide bonds. The summed E-state index contributed by atoms with van der Waals surface area (Å²) >= 11 is 0. The van der Waals surface area contributed by atoms with E-state index in [9.17, 15) is 31.2 Å². The highest BCUT2D eigenvalue weighted by Crippen LogP contribution is 2.30. The Morgan fingerprint density at radius 2 is 1.57 bits per heavy atom. The number of carbonyl (C=O) groups excluding carboxylic acids is 1. The fourth-order valence-electron chi connectivity index (χ4n) is 2.10. The molecular weight excluding hydrogens is 407 g/mol. The van der Waals surface area contributed by atoms with Gasteiger partial charge in [-0.2, -0.15) is 21.6 Å². The summed E-state index contributed by atoms with van der Waals surface area (Å²) in [7, 11) is -5.84. The van der Waals surface area contributed by atoms with Crippen LogP contribution < -0.4 is 9.50 Å². The first-order valence-corrected chi connectivity index (χ1v) is 9.20. The van der Waals surface area contributed by atoms with E-state index in [0.717, 1.165) is 24.3 Å². The van der Waals surface area contributed by atoms with Crippen LogP contribution in [0.5, 0.6) is 5.75 Å². The van der Waals surface area contributed by atoms with Crippen LogP contribution in [0.4, 0.5) is 18.0 Å². The number of hydrogen-bond donors (Lipinski definition) is 2. The van der Waals surface area contributed by atoms with Gasteiger partial charge in [-0.05, 0) is 45.4 Å². The van der Waals surface area contributed by atoms with Gasteiger partial charge in [0.05, 0.1) is 12.0 Å². The van der Waals surface area contributed by atoms with E-state index in [1.54, 1.807) is 20.8 Å². The van der Waals surface area contributed by atoms with Crippen molar-refractivity contribution in [1.82, 2.24) is 5.32 Å². The molecule has 0 unspecified atom stereocenters. The zero-order valence-corrected chi connectivity index (χ0v) is 16.3. The monoisotopic (exact) mass is 427 g/mol. The Kier molecular flexibility index (Phi) is 6.60. The van der Waals surface area contributed by atoms with Crippen LogP contribution in [0, 0.1) is 0 Å². The second kappa shape index (κ2) is 7.86. The molecule has 0 saturated heterocycles. The van der Waals surface area contributed by atoms with Gasteiger partial charge in [0.15, 0.2) is 0 Å². The number of carboxylic acid groups (broad SMARTS) is 1. The van der Waals surface area contributed by atoms with Crippen molar-refractivity contribution in [2.75, 3.05) is 0 Å². The Morgan fingerprint density at radius 1 is 1.07 bits per heavy atom. The lowest BCUT2D eigenvalue weighted by molar-refractivity contribution is -0.138. The van der Waals surface area contributed by atoms with Crippen molar-refractivity contribution < 1.29 is 45.2 Å². The van der Waals surface area contributed by atoms with Crippen LogP contribution in [0.2, 0.25) is 0 Å². The van der Waals surface area contributed by atoms with Gasteiger partial charge < -0.3 is 19.3 Å². The third kappa shape index (κ3) is 6.59. The third-order valence-corrected chi connectivity index (χ3v) is 4.24. The molecule has 158 valence electrons. The number of rotatable bonds is 6. The summed E-state index contributed by atoms with van der Waals surface area (Å²) in [5, 5.41) is 11.5. The minimum Gasteiger partial charge on any atom is -0.481 e. The first kappa shape index (κ1) is 23.5. The number of alkyl halides is 3. The number of carbonyl (C=O) groups is 2. The summed E-state index contributed by atoms with van der Waals surface area (Å²) in [6, 6.07) is 4.11. The van der Waals surface area contributed by atoms with Gasteiger partial charge in [-0.1, -0.05) is 12.1 Å². The van der Waals surface area contributed by atoms with Crippen molar-refractivity contribution in [1.29, 1.82) is 0 Å². The van der Waals surface area contributed by atoms with Crippen molar-refractivity contribution in [3.8, 4) is 5.75 Å². The highest BCUT2D eigenvalue weighted by Gasteiger charge is 2.48. The average molecular weight is 427 g/mol. The predicted octanol–water partition coefficient (Wildman–Crippen LogP) is 3.13. The Bertz CT molecular complexity index is 829. The third-order valence-electron chi connectivity index (χ3n) is 3.26. The molecule has 1 rings (SSSR count). The van der Waals surface area contributed by atoms with E-state index in [4.69, 9.17) is 9.84 Å². The molecule has 0 spiro atoms. The molecule has 0 heterocycles. The number of benzene rings is 1. The summed E-state index contributed by atoms with van der Waals surface area (Å²) in [6.45, 7) is 6.18. The van der Waals surface area contributed by atoms with Crippen molar-refractivity contribution in [3.63, 3.8) is 0 Å². The minimum atomic E-state index is -5.84.